The summed E-state index contributed by atoms with van der Waals surface area (Å²) in [4.78, 5) is 2.13. The SMILES string of the molecule is CC(C)=NNc1cc(N2CCOCC2)c(Cl)nn1. The molecule has 1 N–H and O–H groups in total. The van der Waals surface area contributed by atoms with E-state index >= 15 is 0 Å². The first-order valence-electron chi connectivity index (χ1n) is 5.79. The van der Waals surface area contributed by atoms with Crippen LogP contribution in [0.15, 0.2) is 11.2 Å². The number of hydrogen-bond acceptors (Lipinski definition) is 6. The number of halogens is 1. The molecule has 6 nitrogen and oxygen atoms in total. The smallest absolute Gasteiger partial charge is 0.175 e. The molecule has 0 aromatic carbocycles. The molecule has 0 unspecified atom stereocenters. The highest BCUT2D eigenvalue weighted by atomic mass is 35.5. The van der Waals surface area contributed by atoms with Crippen molar-refractivity contribution in [1.29, 1.82) is 0 Å². The van der Waals surface area contributed by atoms with Crippen molar-refractivity contribution < 1.29 is 4.74 Å². The van der Waals surface area contributed by atoms with E-state index in [1.54, 1.807) is 0 Å². The third-order valence-electron chi connectivity index (χ3n) is 2.48. The first kappa shape index (κ1) is 13.0. The fourth-order valence-electron chi connectivity index (χ4n) is 1.62. The van der Waals surface area contributed by atoms with Gasteiger partial charge in [0, 0.05) is 24.9 Å². The van der Waals surface area contributed by atoms with E-state index in [0.717, 1.165) is 24.5 Å². The van der Waals surface area contributed by atoms with Gasteiger partial charge in [0.25, 0.3) is 0 Å². The van der Waals surface area contributed by atoms with Gasteiger partial charge in [-0.1, -0.05) is 11.6 Å². The molecule has 0 aliphatic carbocycles. The monoisotopic (exact) mass is 269 g/mol. The predicted octanol–water partition coefficient (Wildman–Crippen LogP) is 1.77. The van der Waals surface area contributed by atoms with Crippen molar-refractivity contribution in [3.63, 3.8) is 0 Å². The average molecular weight is 270 g/mol. The Morgan fingerprint density at radius 2 is 2.11 bits per heavy atom. The van der Waals surface area contributed by atoms with Gasteiger partial charge in [-0.3, -0.25) is 5.43 Å². The fraction of sp³-hybridized carbons (Fsp3) is 0.545. The molecule has 0 atom stereocenters. The number of rotatable bonds is 3. The van der Waals surface area contributed by atoms with Crippen LogP contribution in [-0.4, -0.2) is 42.2 Å². The van der Waals surface area contributed by atoms with Crippen LogP contribution in [0.4, 0.5) is 11.5 Å². The second-order valence-electron chi connectivity index (χ2n) is 4.18. The Balaban J connectivity index is 2.17. The van der Waals surface area contributed by atoms with Gasteiger partial charge in [-0.2, -0.15) is 5.10 Å². The molecule has 1 saturated heterocycles. The van der Waals surface area contributed by atoms with E-state index in [9.17, 15) is 0 Å². The predicted molar refractivity (Wildman–Crippen MR) is 72.5 cm³/mol. The van der Waals surface area contributed by atoms with E-state index in [2.05, 4.69) is 25.6 Å². The molecule has 1 fully saturated rings. The summed E-state index contributed by atoms with van der Waals surface area (Å²) in [5, 5.41) is 12.4. The minimum atomic E-state index is 0.402. The van der Waals surface area contributed by atoms with Gasteiger partial charge in [-0.25, -0.2) is 0 Å². The lowest BCUT2D eigenvalue weighted by molar-refractivity contribution is 0.122. The first-order chi connectivity index (χ1) is 8.66. The lowest BCUT2D eigenvalue weighted by Crippen LogP contribution is -2.36. The standard InChI is InChI=1S/C11H16ClN5O/c1-8(2)13-14-10-7-9(11(12)16-15-10)17-3-5-18-6-4-17/h7H,3-6H2,1-2H3,(H,14,15). The third-order valence-corrected chi connectivity index (χ3v) is 2.75. The number of hydrogen-bond donors (Lipinski definition) is 1. The maximum absolute atomic E-state index is 6.07. The molecule has 2 rings (SSSR count). The molecule has 98 valence electrons. The van der Waals surface area contributed by atoms with Gasteiger partial charge in [0.15, 0.2) is 11.0 Å². The summed E-state index contributed by atoms with van der Waals surface area (Å²) in [6, 6.07) is 1.85. The second-order valence-corrected chi connectivity index (χ2v) is 4.53. The summed E-state index contributed by atoms with van der Waals surface area (Å²) >= 11 is 6.07. The number of hydrazone groups is 1. The quantitative estimate of drug-likeness (QED) is 0.669. The van der Waals surface area contributed by atoms with Gasteiger partial charge in [0.1, 0.15) is 0 Å². The van der Waals surface area contributed by atoms with Crippen LogP contribution in [0.5, 0.6) is 0 Å². The van der Waals surface area contributed by atoms with Gasteiger partial charge < -0.3 is 9.64 Å². The van der Waals surface area contributed by atoms with E-state index in [1.807, 2.05) is 19.9 Å². The summed E-state index contributed by atoms with van der Waals surface area (Å²) in [6.45, 7) is 6.82. The number of anilines is 2. The molecule has 0 spiro atoms. The fourth-order valence-corrected chi connectivity index (χ4v) is 1.83. The van der Waals surface area contributed by atoms with Gasteiger partial charge in [0.05, 0.1) is 18.9 Å². The van der Waals surface area contributed by atoms with Gasteiger partial charge in [-0.05, 0) is 13.8 Å². The molecule has 18 heavy (non-hydrogen) atoms. The van der Waals surface area contributed by atoms with Gasteiger partial charge >= 0.3 is 0 Å². The molecule has 0 saturated carbocycles. The number of nitrogens with zero attached hydrogens (tertiary/aromatic N) is 4. The normalized spacial score (nSPS) is 15.4. The van der Waals surface area contributed by atoms with Crippen molar-refractivity contribution in [2.45, 2.75) is 13.8 Å². The van der Waals surface area contributed by atoms with Crippen molar-refractivity contribution in [2.75, 3.05) is 36.6 Å². The number of aromatic nitrogens is 2. The molecule has 1 aromatic rings. The summed E-state index contributed by atoms with van der Waals surface area (Å²) in [6.07, 6.45) is 0. The highest BCUT2D eigenvalue weighted by Gasteiger charge is 2.16. The molecule has 0 radical (unpaired) electrons. The molecule has 7 heteroatoms. The Morgan fingerprint density at radius 3 is 2.78 bits per heavy atom. The zero-order chi connectivity index (χ0) is 13.0. The van der Waals surface area contributed by atoms with E-state index in [1.165, 1.54) is 0 Å². The molecule has 0 bridgehead atoms. The van der Waals surface area contributed by atoms with Crippen LogP contribution in [0.25, 0.3) is 0 Å². The minimum Gasteiger partial charge on any atom is -0.378 e. The molecule has 2 heterocycles. The molecule has 1 aromatic heterocycles. The largest absolute Gasteiger partial charge is 0.378 e. The Hall–Kier alpha value is -1.40. The van der Waals surface area contributed by atoms with Crippen LogP contribution in [-0.2, 0) is 4.74 Å². The van der Waals surface area contributed by atoms with Crippen LogP contribution in [0.3, 0.4) is 0 Å². The summed E-state index contributed by atoms with van der Waals surface area (Å²) in [5.74, 6) is 0.585. The van der Waals surface area contributed by atoms with E-state index in [0.29, 0.717) is 24.2 Å². The van der Waals surface area contributed by atoms with Crippen molar-refractivity contribution in [3.05, 3.63) is 11.2 Å². The molecule has 1 aliphatic rings. The second kappa shape index (κ2) is 5.97. The Morgan fingerprint density at radius 1 is 1.39 bits per heavy atom. The topological polar surface area (TPSA) is 62.6 Å². The van der Waals surface area contributed by atoms with Crippen LogP contribution in [0.2, 0.25) is 5.15 Å². The van der Waals surface area contributed by atoms with E-state index in [-0.39, 0.29) is 0 Å². The van der Waals surface area contributed by atoms with E-state index in [4.69, 9.17) is 16.3 Å². The third kappa shape index (κ3) is 3.30. The Kier molecular flexibility index (Phi) is 4.33. The minimum absolute atomic E-state index is 0.402. The van der Waals surface area contributed by atoms with Crippen LogP contribution in [0, 0.1) is 0 Å². The van der Waals surface area contributed by atoms with Crippen molar-refractivity contribution in [3.8, 4) is 0 Å². The Labute approximate surface area is 111 Å². The summed E-state index contributed by atoms with van der Waals surface area (Å²) in [7, 11) is 0. The van der Waals surface area contributed by atoms with Gasteiger partial charge in [-0.15, -0.1) is 10.2 Å². The molecular weight excluding hydrogens is 254 g/mol. The van der Waals surface area contributed by atoms with Crippen molar-refractivity contribution >= 4 is 28.8 Å². The zero-order valence-corrected chi connectivity index (χ0v) is 11.2. The van der Waals surface area contributed by atoms with Crippen LogP contribution < -0.4 is 10.3 Å². The highest BCUT2D eigenvalue weighted by molar-refractivity contribution is 6.32. The van der Waals surface area contributed by atoms with Crippen LogP contribution >= 0.6 is 11.6 Å². The molecule has 1 aliphatic heterocycles. The zero-order valence-electron chi connectivity index (χ0n) is 10.5. The maximum atomic E-state index is 6.07. The maximum Gasteiger partial charge on any atom is 0.175 e. The molecular formula is C11H16ClN5O. The summed E-state index contributed by atoms with van der Waals surface area (Å²) in [5.41, 5.74) is 4.63. The lowest BCUT2D eigenvalue weighted by Gasteiger charge is -2.29. The highest BCUT2D eigenvalue weighted by Crippen LogP contribution is 2.25. The van der Waals surface area contributed by atoms with Crippen molar-refractivity contribution in [2.24, 2.45) is 5.10 Å². The number of morpholine rings is 1. The first-order valence-corrected chi connectivity index (χ1v) is 6.17. The average Bonchev–Trinajstić information content (AvgIpc) is 2.38. The number of ether oxygens (including phenoxy) is 1. The summed E-state index contributed by atoms with van der Waals surface area (Å²) < 4.78 is 5.31. The van der Waals surface area contributed by atoms with Gasteiger partial charge in [0.2, 0.25) is 0 Å². The van der Waals surface area contributed by atoms with Crippen molar-refractivity contribution in [1.82, 2.24) is 10.2 Å². The lowest BCUT2D eigenvalue weighted by atomic mass is 10.3. The van der Waals surface area contributed by atoms with E-state index < -0.39 is 0 Å². The Bertz CT molecular complexity index is 441. The molecule has 0 amide bonds. The van der Waals surface area contributed by atoms with Crippen LogP contribution in [0.1, 0.15) is 13.8 Å². The number of nitrogens with one attached hydrogen (secondary N) is 1.